The molecule has 4 rings (SSSR count). The fourth-order valence-corrected chi connectivity index (χ4v) is 3.79. The van der Waals surface area contributed by atoms with Gasteiger partial charge in [0.1, 0.15) is 0 Å². The number of hydrogen-bond donors (Lipinski definition) is 1. The van der Waals surface area contributed by atoms with Crippen molar-refractivity contribution in [3.8, 4) is 0 Å². The highest BCUT2D eigenvalue weighted by molar-refractivity contribution is 6.31. The van der Waals surface area contributed by atoms with Gasteiger partial charge in [0.2, 0.25) is 5.72 Å². The van der Waals surface area contributed by atoms with Crippen LogP contribution in [0.1, 0.15) is 11.1 Å². The molecule has 0 saturated carbocycles. The van der Waals surface area contributed by atoms with Crippen LogP contribution in [0.25, 0.3) is 0 Å². The van der Waals surface area contributed by atoms with Crippen molar-refractivity contribution in [2.24, 2.45) is 0 Å². The molecule has 1 heterocycles. The second-order valence-corrected chi connectivity index (χ2v) is 7.77. The van der Waals surface area contributed by atoms with E-state index in [-0.39, 0.29) is 5.70 Å². The van der Waals surface area contributed by atoms with Gasteiger partial charge in [0.15, 0.2) is 0 Å². The summed E-state index contributed by atoms with van der Waals surface area (Å²) < 4.78 is 0. The van der Waals surface area contributed by atoms with Crippen molar-refractivity contribution < 1.29 is 9.90 Å². The Morgan fingerprint density at radius 2 is 1.45 bits per heavy atom. The highest BCUT2D eigenvalue weighted by Gasteiger charge is 2.54. The number of rotatable bonds is 3. The van der Waals surface area contributed by atoms with E-state index in [9.17, 15) is 9.90 Å². The fraction of sp³-hybridized carbons (Fsp3) is 0.0870. The molecular formula is C23H18Cl2N2O2. The summed E-state index contributed by atoms with van der Waals surface area (Å²) in [7, 11) is 0. The van der Waals surface area contributed by atoms with Crippen LogP contribution < -0.4 is 9.80 Å². The van der Waals surface area contributed by atoms with Crippen molar-refractivity contribution in [3.63, 3.8) is 0 Å². The van der Waals surface area contributed by atoms with Crippen LogP contribution in [-0.2, 0) is 5.72 Å². The first-order valence-corrected chi connectivity index (χ1v) is 9.72. The average Bonchev–Trinajstić information content (AvgIpc) is 2.90. The van der Waals surface area contributed by atoms with Gasteiger partial charge < -0.3 is 5.11 Å². The topological polar surface area (TPSA) is 43.8 Å². The van der Waals surface area contributed by atoms with E-state index in [2.05, 4.69) is 6.58 Å². The molecule has 0 aromatic heterocycles. The van der Waals surface area contributed by atoms with Crippen LogP contribution in [-0.4, -0.2) is 11.1 Å². The number of hydrogen-bond acceptors (Lipinski definition) is 2. The lowest BCUT2D eigenvalue weighted by Gasteiger charge is -2.33. The lowest BCUT2D eigenvalue weighted by molar-refractivity contribution is 0.0910. The van der Waals surface area contributed by atoms with E-state index in [1.54, 1.807) is 54.6 Å². The Morgan fingerprint density at radius 3 is 2.00 bits per heavy atom. The molecule has 4 nitrogen and oxygen atoms in total. The van der Waals surface area contributed by atoms with Crippen molar-refractivity contribution in [1.82, 2.24) is 0 Å². The van der Waals surface area contributed by atoms with E-state index < -0.39 is 11.8 Å². The van der Waals surface area contributed by atoms with Crippen LogP contribution in [0.4, 0.5) is 16.2 Å². The Kier molecular flexibility index (Phi) is 4.87. The molecule has 1 aliphatic rings. The minimum absolute atomic E-state index is 0.227. The molecule has 6 heteroatoms. The van der Waals surface area contributed by atoms with E-state index in [0.717, 1.165) is 5.56 Å². The lowest BCUT2D eigenvalue weighted by atomic mass is 9.97. The molecule has 1 aliphatic heterocycles. The van der Waals surface area contributed by atoms with Gasteiger partial charge >= 0.3 is 6.03 Å². The Labute approximate surface area is 179 Å². The average molecular weight is 425 g/mol. The maximum atomic E-state index is 13.5. The van der Waals surface area contributed by atoms with Gasteiger partial charge in [0.05, 0.1) is 11.4 Å². The van der Waals surface area contributed by atoms with Crippen molar-refractivity contribution in [3.05, 3.63) is 106 Å². The zero-order chi connectivity index (χ0) is 20.8. The molecule has 1 atom stereocenters. The molecule has 1 saturated heterocycles. The lowest BCUT2D eigenvalue weighted by Crippen LogP contribution is -2.44. The highest BCUT2D eigenvalue weighted by Crippen LogP contribution is 2.46. The van der Waals surface area contributed by atoms with E-state index in [0.29, 0.717) is 27.0 Å². The van der Waals surface area contributed by atoms with Crippen molar-refractivity contribution >= 4 is 40.6 Å². The smallest absolute Gasteiger partial charge is 0.336 e. The number of urea groups is 1. The first-order chi connectivity index (χ1) is 13.8. The van der Waals surface area contributed by atoms with Gasteiger partial charge in [0.25, 0.3) is 0 Å². The summed E-state index contributed by atoms with van der Waals surface area (Å²) in [6.45, 7) is 6.02. The number of anilines is 2. The molecule has 0 radical (unpaired) electrons. The summed E-state index contributed by atoms with van der Waals surface area (Å²) in [5.41, 5.74) is 1.02. The number of aryl methyl sites for hydroxylation is 1. The van der Waals surface area contributed by atoms with Crippen molar-refractivity contribution in [2.45, 2.75) is 12.6 Å². The van der Waals surface area contributed by atoms with Gasteiger partial charge in [-0.3, -0.25) is 9.80 Å². The molecule has 0 aliphatic carbocycles. The van der Waals surface area contributed by atoms with E-state index >= 15 is 0 Å². The van der Waals surface area contributed by atoms with Gasteiger partial charge in [-0.25, -0.2) is 4.79 Å². The van der Waals surface area contributed by atoms with E-state index in [4.69, 9.17) is 23.2 Å². The first-order valence-electron chi connectivity index (χ1n) is 8.96. The highest BCUT2D eigenvalue weighted by atomic mass is 35.5. The number of aliphatic hydroxyl groups is 1. The quantitative estimate of drug-likeness (QED) is 0.551. The summed E-state index contributed by atoms with van der Waals surface area (Å²) in [4.78, 5) is 16.3. The molecule has 29 heavy (non-hydrogen) atoms. The molecule has 1 N–H and O–H groups in total. The maximum Gasteiger partial charge on any atom is 0.336 e. The summed E-state index contributed by atoms with van der Waals surface area (Å²) in [5.74, 6) is 0. The third-order valence-corrected chi connectivity index (χ3v) is 5.47. The van der Waals surface area contributed by atoms with Gasteiger partial charge in [-0.05, 0) is 55.5 Å². The largest absolute Gasteiger partial charge is 0.362 e. The number of carbonyl (C=O) groups is 1. The normalized spacial score (nSPS) is 19.2. The van der Waals surface area contributed by atoms with Crippen LogP contribution in [0.2, 0.25) is 10.0 Å². The standard InChI is InChI=1S/C23H18Cl2N2O2/c1-15-4-3-5-17(14-15)23(29)16(2)26(20-10-6-18(24)7-11-20)22(28)27(23)21-12-8-19(25)9-13-21/h3-14,29H,2H2,1H3. The minimum Gasteiger partial charge on any atom is -0.362 e. The Morgan fingerprint density at radius 1 is 0.897 bits per heavy atom. The monoisotopic (exact) mass is 424 g/mol. The number of benzene rings is 3. The van der Waals surface area contributed by atoms with Crippen LogP contribution in [0.15, 0.2) is 85.1 Å². The molecule has 3 aromatic rings. The SMILES string of the molecule is C=C1N(c2ccc(Cl)cc2)C(=O)N(c2ccc(Cl)cc2)C1(O)c1cccc(C)c1. The van der Waals surface area contributed by atoms with Gasteiger partial charge in [-0.2, -0.15) is 0 Å². The number of halogens is 2. The van der Waals surface area contributed by atoms with Crippen molar-refractivity contribution in [2.75, 3.05) is 9.80 Å². The third-order valence-electron chi connectivity index (χ3n) is 4.97. The van der Waals surface area contributed by atoms with Gasteiger partial charge in [-0.1, -0.05) is 59.6 Å². The molecule has 1 fully saturated rings. The van der Waals surface area contributed by atoms with Gasteiger partial charge in [-0.15, -0.1) is 0 Å². The first kappa shape index (κ1) is 19.5. The van der Waals surface area contributed by atoms with E-state index in [1.165, 1.54) is 9.80 Å². The molecule has 1 unspecified atom stereocenters. The molecule has 0 spiro atoms. The third kappa shape index (κ3) is 3.19. The Balaban J connectivity index is 1.92. The summed E-state index contributed by atoms with van der Waals surface area (Å²) in [6, 6.07) is 20.5. The van der Waals surface area contributed by atoms with Crippen LogP contribution in [0.3, 0.4) is 0 Å². The maximum absolute atomic E-state index is 13.5. The zero-order valence-electron chi connectivity index (χ0n) is 15.6. The fourth-order valence-electron chi connectivity index (χ4n) is 3.54. The summed E-state index contributed by atoms with van der Waals surface area (Å²) in [5, 5.41) is 13.0. The van der Waals surface area contributed by atoms with Crippen LogP contribution in [0.5, 0.6) is 0 Å². The molecule has 3 aromatic carbocycles. The number of amides is 2. The second-order valence-electron chi connectivity index (χ2n) is 6.89. The van der Waals surface area contributed by atoms with Crippen LogP contribution in [0, 0.1) is 6.92 Å². The van der Waals surface area contributed by atoms with E-state index in [1.807, 2.05) is 25.1 Å². The number of nitrogens with zero attached hydrogens (tertiary/aromatic N) is 2. The predicted octanol–water partition coefficient (Wildman–Crippen LogP) is 6.11. The minimum atomic E-state index is -1.77. The Hall–Kier alpha value is -2.79. The second kappa shape index (κ2) is 7.23. The summed E-state index contributed by atoms with van der Waals surface area (Å²) in [6.07, 6.45) is 0. The van der Waals surface area contributed by atoms with Gasteiger partial charge in [0, 0.05) is 21.3 Å². The Bertz CT molecular complexity index is 1100. The summed E-state index contributed by atoms with van der Waals surface area (Å²) >= 11 is 12.0. The predicted molar refractivity (Wildman–Crippen MR) is 117 cm³/mol. The number of carbonyl (C=O) groups excluding carboxylic acids is 1. The molecule has 2 amide bonds. The molecule has 146 valence electrons. The molecule has 0 bridgehead atoms. The van der Waals surface area contributed by atoms with Crippen LogP contribution >= 0.6 is 23.2 Å². The zero-order valence-corrected chi connectivity index (χ0v) is 17.2. The molecular weight excluding hydrogens is 407 g/mol. The van der Waals surface area contributed by atoms with Crippen molar-refractivity contribution in [1.29, 1.82) is 0 Å².